The summed E-state index contributed by atoms with van der Waals surface area (Å²) in [5.41, 5.74) is 9.19. The van der Waals surface area contributed by atoms with Gasteiger partial charge >= 0.3 is 0 Å². The van der Waals surface area contributed by atoms with Crippen molar-refractivity contribution in [2.75, 3.05) is 7.11 Å². The van der Waals surface area contributed by atoms with Gasteiger partial charge in [0.05, 0.1) is 18.5 Å². The third-order valence-corrected chi connectivity index (χ3v) is 3.60. The second-order valence-corrected chi connectivity index (χ2v) is 5.15. The van der Waals surface area contributed by atoms with Crippen LogP contribution in [0, 0.1) is 0 Å². The lowest BCUT2D eigenvalue weighted by Crippen LogP contribution is -2.02. The Labute approximate surface area is 133 Å². The van der Waals surface area contributed by atoms with Crippen LogP contribution in [0.5, 0.6) is 5.75 Å². The van der Waals surface area contributed by atoms with Gasteiger partial charge in [-0.1, -0.05) is 35.0 Å². The molecule has 22 heavy (non-hydrogen) atoms. The van der Waals surface area contributed by atoms with Crippen LogP contribution in [0.1, 0.15) is 5.69 Å². The van der Waals surface area contributed by atoms with Crippen LogP contribution in [0.3, 0.4) is 0 Å². The van der Waals surface area contributed by atoms with Gasteiger partial charge in [0.25, 0.3) is 0 Å². The minimum absolute atomic E-state index is 0.307. The maximum Gasteiger partial charge on any atom is 0.121 e. The average molecular weight is 315 g/mol. The first-order valence-electron chi connectivity index (χ1n) is 6.78. The molecule has 0 spiro atoms. The highest BCUT2D eigenvalue weighted by Crippen LogP contribution is 2.27. The molecule has 112 valence electrons. The third kappa shape index (κ3) is 2.68. The molecule has 0 bridgehead atoms. The number of nitrogens with zero attached hydrogens (tertiary/aromatic N) is 3. The largest absolute Gasteiger partial charge is 0.497 e. The van der Waals surface area contributed by atoms with Crippen molar-refractivity contribution in [1.82, 2.24) is 15.0 Å². The van der Waals surface area contributed by atoms with Crippen molar-refractivity contribution in [1.29, 1.82) is 0 Å². The first-order valence-corrected chi connectivity index (χ1v) is 7.15. The van der Waals surface area contributed by atoms with Crippen LogP contribution in [0.15, 0.2) is 48.5 Å². The number of rotatable bonds is 4. The summed E-state index contributed by atoms with van der Waals surface area (Å²) in [6, 6.07) is 15.1. The van der Waals surface area contributed by atoms with Gasteiger partial charge in [0.2, 0.25) is 0 Å². The molecule has 0 amide bonds. The SMILES string of the molecule is COc1cccc(-n2nnc(CN)c2-c2ccc(Cl)cc2)c1. The molecule has 2 aromatic carbocycles. The molecule has 3 rings (SSSR count). The van der Waals surface area contributed by atoms with E-state index in [2.05, 4.69) is 10.3 Å². The topological polar surface area (TPSA) is 66.0 Å². The molecule has 0 aliphatic rings. The number of aromatic nitrogens is 3. The van der Waals surface area contributed by atoms with Crippen LogP contribution < -0.4 is 10.5 Å². The van der Waals surface area contributed by atoms with E-state index in [-0.39, 0.29) is 0 Å². The van der Waals surface area contributed by atoms with E-state index in [1.807, 2.05) is 48.5 Å². The van der Waals surface area contributed by atoms with Crippen molar-refractivity contribution in [3.8, 4) is 22.7 Å². The fourth-order valence-electron chi connectivity index (χ4n) is 2.27. The van der Waals surface area contributed by atoms with Gasteiger partial charge in [0.15, 0.2) is 0 Å². The van der Waals surface area contributed by atoms with Crippen LogP contribution in [-0.2, 0) is 6.54 Å². The molecule has 5 nitrogen and oxygen atoms in total. The number of ether oxygens (including phenoxy) is 1. The number of nitrogens with two attached hydrogens (primary N) is 1. The lowest BCUT2D eigenvalue weighted by molar-refractivity contribution is 0.414. The summed E-state index contributed by atoms with van der Waals surface area (Å²) in [6.07, 6.45) is 0. The van der Waals surface area contributed by atoms with Gasteiger partial charge in [0, 0.05) is 23.2 Å². The maximum atomic E-state index is 5.96. The second-order valence-electron chi connectivity index (χ2n) is 4.71. The number of benzene rings is 2. The molecule has 3 aromatic rings. The highest BCUT2D eigenvalue weighted by molar-refractivity contribution is 6.30. The predicted molar refractivity (Wildman–Crippen MR) is 86.2 cm³/mol. The Morgan fingerprint density at radius 3 is 2.64 bits per heavy atom. The van der Waals surface area contributed by atoms with Crippen molar-refractivity contribution < 1.29 is 4.74 Å². The molecule has 0 aliphatic carbocycles. The van der Waals surface area contributed by atoms with Crippen LogP contribution in [0.25, 0.3) is 16.9 Å². The lowest BCUT2D eigenvalue weighted by Gasteiger charge is -2.09. The molecule has 2 N–H and O–H groups in total. The Balaban J connectivity index is 2.16. The molecule has 1 heterocycles. The molecule has 0 atom stereocenters. The molecule has 6 heteroatoms. The van der Waals surface area contributed by atoms with Crippen molar-refractivity contribution in [3.63, 3.8) is 0 Å². The smallest absolute Gasteiger partial charge is 0.121 e. The number of hydrogen-bond acceptors (Lipinski definition) is 4. The van der Waals surface area contributed by atoms with Crippen molar-refractivity contribution in [2.24, 2.45) is 5.73 Å². The maximum absolute atomic E-state index is 5.96. The van der Waals surface area contributed by atoms with Crippen molar-refractivity contribution in [2.45, 2.75) is 6.54 Å². The Hall–Kier alpha value is -2.37. The number of hydrogen-bond donors (Lipinski definition) is 1. The van der Waals surface area contributed by atoms with Gasteiger partial charge < -0.3 is 10.5 Å². The fraction of sp³-hybridized carbons (Fsp3) is 0.125. The molecule has 0 aliphatic heterocycles. The first-order chi connectivity index (χ1) is 10.7. The van der Waals surface area contributed by atoms with Gasteiger partial charge in [0.1, 0.15) is 11.4 Å². The van der Waals surface area contributed by atoms with Crippen LogP contribution >= 0.6 is 11.6 Å². The van der Waals surface area contributed by atoms with Gasteiger partial charge in [-0.05, 0) is 24.3 Å². The number of halogens is 1. The summed E-state index contributed by atoms with van der Waals surface area (Å²) in [5, 5.41) is 9.09. The molecule has 0 radical (unpaired) electrons. The third-order valence-electron chi connectivity index (χ3n) is 3.35. The zero-order chi connectivity index (χ0) is 15.5. The van der Waals surface area contributed by atoms with E-state index in [1.165, 1.54) is 0 Å². The fourth-order valence-corrected chi connectivity index (χ4v) is 2.40. The quantitative estimate of drug-likeness (QED) is 0.803. The van der Waals surface area contributed by atoms with E-state index < -0.39 is 0 Å². The van der Waals surface area contributed by atoms with Gasteiger partial charge in [-0.25, -0.2) is 4.68 Å². The van der Waals surface area contributed by atoms with Gasteiger partial charge in [-0.3, -0.25) is 0 Å². The summed E-state index contributed by atoms with van der Waals surface area (Å²) in [5.74, 6) is 0.754. The predicted octanol–water partition coefficient (Wildman–Crippen LogP) is 3.06. The van der Waals surface area contributed by atoms with Gasteiger partial charge in [-0.15, -0.1) is 5.10 Å². The zero-order valence-corrected chi connectivity index (χ0v) is 12.8. The highest BCUT2D eigenvalue weighted by atomic mass is 35.5. The number of methoxy groups -OCH3 is 1. The Morgan fingerprint density at radius 1 is 1.18 bits per heavy atom. The van der Waals surface area contributed by atoms with E-state index in [1.54, 1.807) is 11.8 Å². The van der Waals surface area contributed by atoms with Crippen LogP contribution in [0.4, 0.5) is 0 Å². The molecule has 0 saturated heterocycles. The highest BCUT2D eigenvalue weighted by Gasteiger charge is 2.15. The van der Waals surface area contributed by atoms with Gasteiger partial charge in [-0.2, -0.15) is 0 Å². The summed E-state index contributed by atoms with van der Waals surface area (Å²) >= 11 is 5.96. The molecule has 0 unspecified atom stereocenters. The molecule has 1 aromatic heterocycles. The monoisotopic (exact) mass is 314 g/mol. The Bertz CT molecular complexity index is 783. The van der Waals surface area contributed by atoms with E-state index in [0.29, 0.717) is 11.6 Å². The minimum Gasteiger partial charge on any atom is -0.497 e. The summed E-state index contributed by atoms with van der Waals surface area (Å²) in [7, 11) is 1.63. The second kappa shape index (κ2) is 6.17. The molecule has 0 saturated carbocycles. The van der Waals surface area contributed by atoms with E-state index in [0.717, 1.165) is 28.4 Å². The normalized spacial score (nSPS) is 10.7. The average Bonchev–Trinajstić information content (AvgIpc) is 2.99. The summed E-state index contributed by atoms with van der Waals surface area (Å²) in [6.45, 7) is 0.307. The van der Waals surface area contributed by atoms with Crippen molar-refractivity contribution in [3.05, 3.63) is 59.2 Å². The summed E-state index contributed by atoms with van der Waals surface area (Å²) in [4.78, 5) is 0. The van der Waals surface area contributed by atoms with E-state index >= 15 is 0 Å². The minimum atomic E-state index is 0.307. The first kappa shape index (κ1) is 14.6. The molecular weight excluding hydrogens is 300 g/mol. The standard InChI is InChI=1S/C16H15ClN4O/c1-22-14-4-2-3-13(9-14)21-16(15(10-18)19-20-21)11-5-7-12(17)8-6-11/h2-9H,10,18H2,1H3. The van der Waals surface area contributed by atoms with Crippen molar-refractivity contribution >= 4 is 11.6 Å². The van der Waals surface area contributed by atoms with E-state index in [4.69, 9.17) is 22.1 Å². The summed E-state index contributed by atoms with van der Waals surface area (Å²) < 4.78 is 7.03. The lowest BCUT2D eigenvalue weighted by atomic mass is 10.1. The Morgan fingerprint density at radius 2 is 1.95 bits per heavy atom. The molecule has 0 fully saturated rings. The molecular formula is C16H15ClN4O. The zero-order valence-electron chi connectivity index (χ0n) is 12.0. The van der Waals surface area contributed by atoms with Crippen LogP contribution in [-0.4, -0.2) is 22.1 Å². The Kier molecular flexibility index (Phi) is 4.09. The van der Waals surface area contributed by atoms with Crippen LogP contribution in [0.2, 0.25) is 5.02 Å². The van der Waals surface area contributed by atoms with E-state index in [9.17, 15) is 0 Å².